The minimum Gasteiger partial charge on any atom is -0.443 e. The zero-order chi connectivity index (χ0) is 12.5. The largest absolute Gasteiger partial charge is 0.443 e. The molecule has 0 fully saturated rings. The van der Waals surface area contributed by atoms with Gasteiger partial charge in [-0.05, 0) is 26.1 Å². The van der Waals surface area contributed by atoms with E-state index in [1.165, 1.54) is 6.39 Å². The molecule has 0 amide bonds. The third-order valence-corrected chi connectivity index (χ3v) is 2.86. The molecule has 0 bridgehead atoms. The number of nitrogens with zero attached hydrogens (tertiary/aromatic N) is 2. The van der Waals surface area contributed by atoms with Crippen LogP contribution in [-0.2, 0) is 6.54 Å². The number of H-pyrrole nitrogens is 1. The van der Waals surface area contributed by atoms with Crippen molar-refractivity contribution in [2.45, 2.75) is 13.5 Å². The molecule has 5 heteroatoms. The smallest absolute Gasteiger partial charge is 0.181 e. The number of benzene rings is 1. The van der Waals surface area contributed by atoms with E-state index >= 15 is 0 Å². The Hall–Kier alpha value is -2.14. The first kappa shape index (κ1) is 11.0. The van der Waals surface area contributed by atoms with Gasteiger partial charge >= 0.3 is 0 Å². The van der Waals surface area contributed by atoms with Crippen molar-refractivity contribution in [3.8, 4) is 11.3 Å². The van der Waals surface area contributed by atoms with E-state index in [2.05, 4.69) is 20.3 Å². The summed E-state index contributed by atoms with van der Waals surface area (Å²) in [6.07, 6.45) is 1.46. The monoisotopic (exact) mass is 242 g/mol. The average Bonchev–Trinajstić information content (AvgIpc) is 2.95. The van der Waals surface area contributed by atoms with Crippen molar-refractivity contribution in [2.75, 3.05) is 7.05 Å². The van der Waals surface area contributed by atoms with Crippen molar-refractivity contribution < 1.29 is 4.42 Å². The van der Waals surface area contributed by atoms with Gasteiger partial charge in [0.2, 0.25) is 0 Å². The number of nitrogens with one attached hydrogen (secondary N) is 2. The summed E-state index contributed by atoms with van der Waals surface area (Å²) in [5.74, 6) is 0.910. The fourth-order valence-electron chi connectivity index (χ4n) is 2.09. The van der Waals surface area contributed by atoms with E-state index in [9.17, 15) is 0 Å². The van der Waals surface area contributed by atoms with Gasteiger partial charge in [0.15, 0.2) is 12.0 Å². The number of imidazole rings is 1. The summed E-state index contributed by atoms with van der Waals surface area (Å²) < 4.78 is 5.32. The SMILES string of the molecule is CNCc1[nH]c(C)nc1-c1ccc2ncoc2c1. The Kier molecular flexibility index (Phi) is 2.60. The van der Waals surface area contributed by atoms with Gasteiger partial charge in [0.05, 0.1) is 11.4 Å². The Balaban J connectivity index is 2.12. The first-order valence-electron chi connectivity index (χ1n) is 5.81. The highest BCUT2D eigenvalue weighted by atomic mass is 16.3. The van der Waals surface area contributed by atoms with Crippen molar-refractivity contribution in [2.24, 2.45) is 0 Å². The Morgan fingerprint density at radius 1 is 1.39 bits per heavy atom. The fourth-order valence-corrected chi connectivity index (χ4v) is 2.09. The highest BCUT2D eigenvalue weighted by molar-refractivity contribution is 5.79. The molecule has 3 rings (SSSR count). The molecule has 2 aromatic heterocycles. The molecule has 3 aromatic rings. The van der Waals surface area contributed by atoms with Crippen LogP contribution in [0.2, 0.25) is 0 Å². The summed E-state index contributed by atoms with van der Waals surface area (Å²) in [4.78, 5) is 11.9. The second-order valence-corrected chi connectivity index (χ2v) is 4.21. The zero-order valence-corrected chi connectivity index (χ0v) is 10.3. The van der Waals surface area contributed by atoms with Crippen LogP contribution in [0, 0.1) is 6.92 Å². The molecule has 5 nitrogen and oxygen atoms in total. The van der Waals surface area contributed by atoms with Crippen LogP contribution in [0.5, 0.6) is 0 Å². The van der Waals surface area contributed by atoms with Crippen LogP contribution in [-0.4, -0.2) is 22.0 Å². The van der Waals surface area contributed by atoms with Gasteiger partial charge in [-0.15, -0.1) is 0 Å². The van der Waals surface area contributed by atoms with E-state index in [0.29, 0.717) is 0 Å². The molecule has 0 radical (unpaired) electrons. The van der Waals surface area contributed by atoms with Crippen LogP contribution in [0.3, 0.4) is 0 Å². The summed E-state index contributed by atoms with van der Waals surface area (Å²) in [6.45, 7) is 2.71. The molecule has 1 aromatic carbocycles. The average molecular weight is 242 g/mol. The maximum atomic E-state index is 5.32. The van der Waals surface area contributed by atoms with Gasteiger partial charge < -0.3 is 14.7 Å². The second kappa shape index (κ2) is 4.27. The number of aromatic nitrogens is 3. The number of hydrogen-bond donors (Lipinski definition) is 2. The number of rotatable bonds is 3. The highest BCUT2D eigenvalue weighted by Crippen LogP contribution is 2.25. The minimum absolute atomic E-state index is 0.755. The van der Waals surface area contributed by atoms with Crippen molar-refractivity contribution in [1.82, 2.24) is 20.3 Å². The lowest BCUT2D eigenvalue weighted by Crippen LogP contribution is -2.06. The van der Waals surface area contributed by atoms with Crippen molar-refractivity contribution >= 4 is 11.1 Å². The van der Waals surface area contributed by atoms with Crippen molar-refractivity contribution in [1.29, 1.82) is 0 Å². The summed E-state index contributed by atoms with van der Waals surface area (Å²) in [5.41, 5.74) is 4.72. The minimum atomic E-state index is 0.755. The lowest BCUT2D eigenvalue weighted by Gasteiger charge is -2.01. The molecule has 2 N–H and O–H groups in total. The Bertz CT molecular complexity index is 683. The van der Waals surface area contributed by atoms with E-state index in [1.807, 2.05) is 32.2 Å². The van der Waals surface area contributed by atoms with Crippen LogP contribution in [0.1, 0.15) is 11.5 Å². The van der Waals surface area contributed by atoms with Gasteiger partial charge in [-0.3, -0.25) is 0 Å². The molecule has 18 heavy (non-hydrogen) atoms. The number of hydrogen-bond acceptors (Lipinski definition) is 4. The van der Waals surface area contributed by atoms with Crippen LogP contribution >= 0.6 is 0 Å². The maximum absolute atomic E-state index is 5.32. The van der Waals surface area contributed by atoms with Gasteiger partial charge in [-0.25, -0.2) is 9.97 Å². The third kappa shape index (κ3) is 1.78. The standard InChI is InChI=1S/C13H14N4O/c1-8-16-11(6-14-2)13(17-8)9-3-4-10-12(5-9)18-7-15-10/h3-5,7,14H,6H2,1-2H3,(H,16,17). The Morgan fingerprint density at radius 3 is 3.11 bits per heavy atom. The molecule has 92 valence electrons. The Morgan fingerprint density at radius 2 is 2.28 bits per heavy atom. The van der Waals surface area contributed by atoms with E-state index in [-0.39, 0.29) is 0 Å². The van der Waals surface area contributed by atoms with Crippen LogP contribution in [0.25, 0.3) is 22.4 Å². The van der Waals surface area contributed by atoms with Gasteiger partial charge in [-0.1, -0.05) is 6.07 Å². The molecular formula is C13H14N4O. The molecule has 0 spiro atoms. The van der Waals surface area contributed by atoms with Crippen LogP contribution < -0.4 is 5.32 Å². The molecule has 2 heterocycles. The topological polar surface area (TPSA) is 66.7 Å². The molecule has 0 atom stereocenters. The predicted molar refractivity (Wildman–Crippen MR) is 69.1 cm³/mol. The number of oxazole rings is 1. The fraction of sp³-hybridized carbons (Fsp3) is 0.231. The zero-order valence-electron chi connectivity index (χ0n) is 10.3. The lowest BCUT2D eigenvalue weighted by atomic mass is 10.1. The molecule has 0 saturated carbocycles. The molecule has 0 aliphatic heterocycles. The first-order valence-corrected chi connectivity index (χ1v) is 5.81. The van der Waals surface area contributed by atoms with E-state index < -0.39 is 0 Å². The lowest BCUT2D eigenvalue weighted by molar-refractivity contribution is 0.602. The predicted octanol–water partition coefficient (Wildman–Crippen LogP) is 2.25. The van der Waals surface area contributed by atoms with Crippen LogP contribution in [0.4, 0.5) is 0 Å². The van der Waals surface area contributed by atoms with Gasteiger partial charge in [0.1, 0.15) is 11.3 Å². The molecular weight excluding hydrogens is 228 g/mol. The van der Waals surface area contributed by atoms with Gasteiger partial charge in [-0.2, -0.15) is 0 Å². The van der Waals surface area contributed by atoms with E-state index in [0.717, 1.165) is 40.4 Å². The normalized spacial score (nSPS) is 11.2. The van der Waals surface area contributed by atoms with Gasteiger partial charge in [0, 0.05) is 12.1 Å². The maximum Gasteiger partial charge on any atom is 0.181 e. The molecule has 0 saturated heterocycles. The van der Waals surface area contributed by atoms with Crippen molar-refractivity contribution in [3.05, 3.63) is 36.1 Å². The van der Waals surface area contributed by atoms with E-state index in [4.69, 9.17) is 4.42 Å². The third-order valence-electron chi connectivity index (χ3n) is 2.86. The molecule has 0 unspecified atom stereocenters. The quantitative estimate of drug-likeness (QED) is 0.739. The summed E-state index contributed by atoms with van der Waals surface area (Å²) in [6, 6.07) is 5.93. The number of fused-ring (bicyclic) bond motifs is 1. The van der Waals surface area contributed by atoms with Crippen molar-refractivity contribution in [3.63, 3.8) is 0 Å². The second-order valence-electron chi connectivity index (χ2n) is 4.21. The van der Waals surface area contributed by atoms with Gasteiger partial charge in [0.25, 0.3) is 0 Å². The summed E-state index contributed by atoms with van der Waals surface area (Å²) in [7, 11) is 1.92. The van der Waals surface area contributed by atoms with E-state index in [1.54, 1.807) is 0 Å². The summed E-state index contributed by atoms with van der Waals surface area (Å²) in [5, 5.41) is 3.13. The first-order chi connectivity index (χ1) is 8.78. The highest BCUT2D eigenvalue weighted by Gasteiger charge is 2.11. The molecule has 0 aliphatic carbocycles. The number of aryl methyl sites for hydroxylation is 1. The molecule has 0 aliphatic rings. The van der Waals surface area contributed by atoms with Crippen LogP contribution in [0.15, 0.2) is 29.0 Å². The Labute approximate surface area is 104 Å². The summed E-state index contributed by atoms with van der Waals surface area (Å²) >= 11 is 0. The number of aromatic amines is 1.